The van der Waals surface area contributed by atoms with Gasteiger partial charge < -0.3 is 89.4 Å². The van der Waals surface area contributed by atoms with E-state index in [1.165, 1.54) is 113 Å². The largest absolute Gasteiger partial charge is 2.00 e. The second kappa shape index (κ2) is 58.8. The summed E-state index contributed by atoms with van der Waals surface area (Å²) in [6.07, 6.45) is 24.6. The van der Waals surface area contributed by atoms with Gasteiger partial charge in [0.1, 0.15) is 101 Å². The number of methoxy groups -OCH3 is 3. The normalized spacial score (nSPS) is 14.3. The molecule has 3 aliphatic rings. The summed E-state index contributed by atoms with van der Waals surface area (Å²) >= 11 is 5.61. The van der Waals surface area contributed by atoms with Gasteiger partial charge in [0, 0.05) is 155 Å². The number of esters is 2. The van der Waals surface area contributed by atoms with Crippen LogP contribution < -0.4 is 31.1 Å². The van der Waals surface area contributed by atoms with Crippen molar-refractivity contribution in [2.75, 3.05) is 168 Å². The Bertz CT molecular complexity index is 3970. The van der Waals surface area contributed by atoms with E-state index in [1.54, 1.807) is 18.2 Å². The summed E-state index contributed by atoms with van der Waals surface area (Å²) in [4.78, 5) is 88.1. The zero-order valence-corrected chi connectivity index (χ0v) is 79.0. The number of fused-ring (bicyclic) bond motifs is 3. The van der Waals surface area contributed by atoms with Gasteiger partial charge in [0.15, 0.2) is 0 Å². The number of unbranched alkanes of at least 4 members (excludes halogenated alkanes) is 3. The van der Waals surface area contributed by atoms with E-state index in [9.17, 15) is 32.7 Å². The number of halogens is 4. The van der Waals surface area contributed by atoms with Crippen LogP contribution >= 0.6 is 11.6 Å². The first kappa shape index (κ1) is 110. The first-order valence-electron chi connectivity index (χ1n) is 42.9. The van der Waals surface area contributed by atoms with Crippen molar-refractivity contribution in [1.82, 2.24) is 59.6 Å². The van der Waals surface area contributed by atoms with E-state index in [0.29, 0.717) is 74.6 Å². The quantitative estimate of drug-likeness (QED) is 0.00907. The van der Waals surface area contributed by atoms with Crippen LogP contribution in [0.1, 0.15) is 189 Å². The van der Waals surface area contributed by atoms with Crippen LogP contribution in [-0.2, 0) is 116 Å². The van der Waals surface area contributed by atoms with Crippen LogP contribution in [-0.4, -0.2) is 273 Å². The summed E-state index contributed by atoms with van der Waals surface area (Å²) < 4.78 is 69.3. The Labute approximate surface area is 751 Å². The second-order valence-electron chi connectivity index (χ2n) is 34.0. The Balaban J connectivity index is 0.000000447. The fourth-order valence-electron chi connectivity index (χ4n) is 14.2. The molecule has 0 fully saturated rings. The summed E-state index contributed by atoms with van der Waals surface area (Å²) in [5.74, 6) is 1.44. The molecule has 6 atom stereocenters. The number of carbonyl (C=O) groups is 3. The van der Waals surface area contributed by atoms with Gasteiger partial charge in [0.05, 0.1) is 19.8 Å². The van der Waals surface area contributed by atoms with Crippen molar-refractivity contribution in [3.05, 3.63) is 144 Å². The Kier molecular flexibility index (Phi) is 52.4. The molecule has 0 unspecified atom stereocenters. The molecule has 6 aromatic heterocycles. The fraction of sp³-hybridized carbons (Fsp3) is 0.648. The number of hydrogen-bond acceptors (Lipinski definition) is 26. The van der Waals surface area contributed by atoms with E-state index in [4.69, 9.17) is 56.0 Å². The van der Waals surface area contributed by atoms with Gasteiger partial charge in [-0.05, 0) is 250 Å². The Morgan fingerprint density at radius 2 is 0.789 bits per heavy atom. The summed E-state index contributed by atoms with van der Waals surface area (Å²) in [6.45, 7) is 15.5. The van der Waals surface area contributed by atoms with Gasteiger partial charge in [-0.2, -0.15) is 0 Å². The van der Waals surface area contributed by atoms with Gasteiger partial charge in [0.25, 0.3) is 0 Å². The molecule has 9 rings (SSSR count). The molecule has 123 heavy (non-hydrogen) atoms. The number of carbonyl (C=O) groups excluding carboxylic acids is 2. The molecule has 692 valence electrons. The molecule has 32 heteroatoms. The monoisotopic (exact) mass is 1830 g/mol. The predicted molar refractivity (Wildman–Crippen MR) is 484 cm³/mol. The standard InChI is InChI=1S/C31H49FN6O3.C27H41FN6O3.C25H42FN3O3.C6H8ClN3.2CH3.Pd/c1-31(2,3)41-30(39)27(36-28-19-29(37(4)5)34-22-33-28)16-18-38(20-24(32)21-40-6)17-10-9-12-25-15-14-23-11-7-8-13-26(23)35-25;1-33(2)26-16-25(29-19-30-26)32-24(27(35)36)13-15-34(17-21(28)18-37-3)14-7-6-9-22-12-11-20-8-4-5-10-23(20)31-22;1-25(2,3)32-24(30)22(27)14-16-29(17-20(26)18-31-4)15-8-7-10-21-13-12-19-9-5-6-11-23(19)28-21;1-10(2)6-3-5(7)8-4-9-6;;;/h14-15,19,22,24,27H,7-13,16-18,20-21H2,1-6H3,(H,33,34,36);11-12,16,19,21,24H,4-10,13-15,17-18H2,1-3H3,(H,35,36)(H,29,30,32);12-13,20,22H,5-11,14-18,27H2,1-4H3;3-4H,1-2H3;2*1H3;/q;;;;2*-1;+2/t24-,27-;21-,24-;20-,22-;;;;/m000..../s1. The van der Waals surface area contributed by atoms with Gasteiger partial charge in [-0.15, -0.1) is 0 Å². The van der Waals surface area contributed by atoms with Crippen LogP contribution in [0.4, 0.5) is 42.3 Å². The maximum absolute atomic E-state index is 14.7. The molecule has 0 bridgehead atoms. The summed E-state index contributed by atoms with van der Waals surface area (Å²) in [5.41, 5.74) is 16.2. The maximum atomic E-state index is 14.7. The zero-order valence-electron chi connectivity index (χ0n) is 76.7. The Morgan fingerprint density at radius 3 is 1.12 bits per heavy atom. The summed E-state index contributed by atoms with van der Waals surface area (Å²) in [7, 11) is 15.8. The summed E-state index contributed by atoms with van der Waals surface area (Å²) in [6, 6.07) is 16.1. The number of nitrogens with zero attached hydrogens (tertiary/aromatic N) is 15. The molecule has 0 saturated carbocycles. The van der Waals surface area contributed by atoms with E-state index in [1.807, 2.05) is 108 Å². The average Bonchev–Trinajstić information content (AvgIpc) is 0.862. The van der Waals surface area contributed by atoms with Gasteiger partial charge in [-0.1, -0.05) is 29.8 Å². The minimum atomic E-state index is -1.13. The fourth-order valence-corrected chi connectivity index (χ4v) is 14.4. The van der Waals surface area contributed by atoms with Gasteiger partial charge in [0.2, 0.25) is 0 Å². The number of aliphatic carboxylic acids is 1. The van der Waals surface area contributed by atoms with Gasteiger partial charge in [-0.3, -0.25) is 19.7 Å². The number of aromatic nitrogens is 9. The average molecular weight is 1840 g/mol. The van der Waals surface area contributed by atoms with Crippen molar-refractivity contribution in [2.24, 2.45) is 5.73 Å². The second-order valence-corrected chi connectivity index (χ2v) is 34.3. The number of anilines is 5. The first-order chi connectivity index (χ1) is 57.3. The van der Waals surface area contributed by atoms with Gasteiger partial charge >= 0.3 is 38.3 Å². The van der Waals surface area contributed by atoms with Crippen molar-refractivity contribution in [3.63, 3.8) is 0 Å². The van der Waals surface area contributed by atoms with Crippen LogP contribution in [0.3, 0.4) is 0 Å². The minimum absolute atomic E-state index is 0. The number of alkyl halides is 3. The molecule has 0 spiro atoms. The molecule has 27 nitrogen and oxygen atoms in total. The predicted octanol–water partition coefficient (Wildman–Crippen LogP) is 13.7. The van der Waals surface area contributed by atoms with Gasteiger partial charge in [-0.25, -0.2) is 52.7 Å². The molecular formula is C91H146ClF3N18O9Pd. The minimum Gasteiger partial charge on any atom is -0.480 e. The third-order valence-electron chi connectivity index (χ3n) is 20.5. The number of carboxylic acids is 1. The van der Waals surface area contributed by atoms with Crippen LogP contribution in [0.2, 0.25) is 5.15 Å². The number of rotatable bonds is 46. The van der Waals surface area contributed by atoms with E-state index < -0.39 is 59.8 Å². The van der Waals surface area contributed by atoms with Crippen LogP contribution in [0.5, 0.6) is 0 Å². The number of ether oxygens (including phenoxy) is 5. The maximum Gasteiger partial charge on any atom is 2.00 e. The van der Waals surface area contributed by atoms with E-state index >= 15 is 0 Å². The molecule has 6 heterocycles. The van der Waals surface area contributed by atoms with E-state index in [-0.39, 0.29) is 80.7 Å². The molecule has 5 N–H and O–H groups in total. The molecule has 0 aromatic carbocycles. The number of aryl methyl sites for hydroxylation is 9. The van der Waals surface area contributed by atoms with Crippen molar-refractivity contribution >= 4 is 58.6 Å². The third-order valence-corrected chi connectivity index (χ3v) is 20.7. The van der Waals surface area contributed by atoms with Crippen LogP contribution in [0.15, 0.2) is 73.6 Å². The molecule has 6 aromatic rings. The van der Waals surface area contributed by atoms with E-state index in [0.717, 1.165) is 132 Å². The Morgan fingerprint density at radius 1 is 0.463 bits per heavy atom. The van der Waals surface area contributed by atoms with Crippen LogP contribution in [0.25, 0.3) is 0 Å². The number of nitrogens with two attached hydrogens (primary N) is 1. The van der Waals surface area contributed by atoms with Crippen molar-refractivity contribution in [2.45, 2.75) is 243 Å². The number of pyridine rings is 3. The zero-order chi connectivity index (χ0) is 87.6. The Hall–Kier alpha value is -7.44. The number of carboxylic acid groups (broad SMARTS) is 1. The molecular weight excluding hydrogens is 1690 g/mol. The molecule has 0 radical (unpaired) electrons. The molecule has 0 amide bonds. The molecule has 3 aliphatic carbocycles. The van der Waals surface area contributed by atoms with Crippen molar-refractivity contribution in [1.29, 1.82) is 0 Å². The molecule has 0 saturated heterocycles. The van der Waals surface area contributed by atoms with Crippen molar-refractivity contribution in [3.8, 4) is 0 Å². The van der Waals surface area contributed by atoms with Crippen LogP contribution in [0, 0.1) is 14.9 Å². The smallest absolute Gasteiger partial charge is 0.480 e. The van der Waals surface area contributed by atoms with Crippen molar-refractivity contribution < 1.29 is 76.8 Å². The summed E-state index contributed by atoms with van der Waals surface area (Å²) in [5, 5.41) is 16.5. The third kappa shape index (κ3) is 44.0. The SMILES string of the molecule is CN(C)c1cc(Cl)ncn1.COC[C@@H](F)CN(CCCCc1ccc2c(n1)CCCC2)CC[C@H](N)C(=O)OC(C)(C)C.COC[C@@H](F)CN(CCCCc1ccc2c(n1)CCCC2)CC[C@H](Nc1cc(N(C)C)ncn1)C(=O)O.COC[C@@H](F)CN(CCCCc1ccc2c(n1)CCCC2)CC[C@H](Nc1cc(N(C)C)ncn1)C(=O)OC(C)(C)C.[CH3-].[CH3-].[Pd+2]. The van der Waals surface area contributed by atoms with E-state index in [2.05, 4.69) is 81.8 Å². The number of hydrogen-bond donors (Lipinski definition) is 4. The first-order valence-corrected chi connectivity index (χ1v) is 43.2. The molecule has 0 aliphatic heterocycles. The topological polar surface area (TPSA) is 303 Å². The number of nitrogens with one attached hydrogen (secondary N) is 2.